The van der Waals surface area contributed by atoms with Gasteiger partial charge in [0.25, 0.3) is 0 Å². The molecular formula is C14H30N4. The molecule has 1 unspecified atom stereocenters. The van der Waals surface area contributed by atoms with E-state index in [0.29, 0.717) is 0 Å². The molecule has 2 fully saturated rings. The highest BCUT2D eigenvalue weighted by atomic mass is 15.2. The summed E-state index contributed by atoms with van der Waals surface area (Å²) in [6.07, 6.45) is 2.63. The van der Waals surface area contributed by atoms with Gasteiger partial charge in [-0.1, -0.05) is 6.92 Å². The first kappa shape index (κ1) is 14.3. The van der Waals surface area contributed by atoms with Crippen LogP contribution in [0.2, 0.25) is 0 Å². The predicted molar refractivity (Wildman–Crippen MR) is 77.0 cm³/mol. The molecule has 0 radical (unpaired) electrons. The number of nitrogens with one attached hydrogen (secondary N) is 2. The van der Waals surface area contributed by atoms with Crippen LogP contribution in [-0.4, -0.2) is 75.2 Å². The van der Waals surface area contributed by atoms with E-state index < -0.39 is 0 Å². The van der Waals surface area contributed by atoms with E-state index in [1.54, 1.807) is 0 Å². The lowest BCUT2D eigenvalue weighted by molar-refractivity contribution is 0.196. The van der Waals surface area contributed by atoms with Crippen molar-refractivity contribution in [1.29, 1.82) is 0 Å². The first-order valence-electron chi connectivity index (χ1n) is 7.59. The zero-order valence-electron chi connectivity index (χ0n) is 12.1. The van der Waals surface area contributed by atoms with E-state index in [0.717, 1.165) is 25.0 Å². The Hall–Kier alpha value is -0.160. The maximum absolute atomic E-state index is 3.76. The van der Waals surface area contributed by atoms with Crippen LogP contribution in [0.3, 0.4) is 0 Å². The highest BCUT2D eigenvalue weighted by Gasteiger charge is 2.18. The number of likely N-dealkylation sites (tertiary alicyclic amines) is 1. The zero-order valence-corrected chi connectivity index (χ0v) is 12.1. The Morgan fingerprint density at radius 1 is 1.17 bits per heavy atom. The van der Waals surface area contributed by atoms with Crippen molar-refractivity contribution in [2.75, 3.05) is 59.4 Å². The summed E-state index contributed by atoms with van der Waals surface area (Å²) in [4.78, 5) is 5.03. The first-order valence-corrected chi connectivity index (χ1v) is 7.59. The number of hydrogen-bond acceptors (Lipinski definition) is 4. The van der Waals surface area contributed by atoms with Gasteiger partial charge < -0.3 is 20.4 Å². The summed E-state index contributed by atoms with van der Waals surface area (Å²) in [5.41, 5.74) is 0. The quantitative estimate of drug-likeness (QED) is 0.734. The van der Waals surface area contributed by atoms with Crippen molar-refractivity contribution in [3.05, 3.63) is 0 Å². The van der Waals surface area contributed by atoms with Crippen molar-refractivity contribution in [3.8, 4) is 0 Å². The summed E-state index contributed by atoms with van der Waals surface area (Å²) in [6.45, 7) is 12.1. The van der Waals surface area contributed by atoms with Gasteiger partial charge in [-0.15, -0.1) is 0 Å². The first-order chi connectivity index (χ1) is 8.74. The minimum Gasteiger partial charge on any atom is -0.314 e. The van der Waals surface area contributed by atoms with E-state index in [1.807, 2.05) is 0 Å². The van der Waals surface area contributed by atoms with E-state index in [4.69, 9.17) is 0 Å². The third-order valence-corrected chi connectivity index (χ3v) is 4.25. The number of rotatable bonds is 5. The molecule has 0 amide bonds. The van der Waals surface area contributed by atoms with Gasteiger partial charge in [-0.25, -0.2) is 0 Å². The Balaban J connectivity index is 1.57. The van der Waals surface area contributed by atoms with Crippen LogP contribution in [0.4, 0.5) is 0 Å². The fourth-order valence-corrected chi connectivity index (χ4v) is 2.98. The third kappa shape index (κ3) is 4.84. The molecule has 2 aliphatic heterocycles. The molecule has 18 heavy (non-hydrogen) atoms. The van der Waals surface area contributed by atoms with Gasteiger partial charge in [0, 0.05) is 38.8 Å². The van der Waals surface area contributed by atoms with Crippen LogP contribution in [0, 0.1) is 5.92 Å². The second-order valence-corrected chi connectivity index (χ2v) is 6.14. The van der Waals surface area contributed by atoms with E-state index in [2.05, 4.69) is 34.4 Å². The number of piperazine rings is 1. The van der Waals surface area contributed by atoms with E-state index in [-0.39, 0.29) is 0 Å². The molecule has 4 nitrogen and oxygen atoms in total. The van der Waals surface area contributed by atoms with Crippen LogP contribution in [-0.2, 0) is 0 Å². The number of hydrogen-bond donors (Lipinski definition) is 2. The molecule has 2 N–H and O–H groups in total. The summed E-state index contributed by atoms with van der Waals surface area (Å²) in [5.74, 6) is 0.766. The number of piperidine rings is 1. The summed E-state index contributed by atoms with van der Waals surface area (Å²) >= 11 is 0. The molecule has 2 saturated heterocycles. The maximum atomic E-state index is 3.76. The van der Waals surface area contributed by atoms with Crippen LogP contribution < -0.4 is 10.6 Å². The molecule has 0 saturated carbocycles. The Bertz CT molecular complexity index is 220. The fraction of sp³-hybridized carbons (Fsp3) is 1.00. The maximum Gasteiger partial charge on any atom is 0.0107 e. The summed E-state index contributed by atoms with van der Waals surface area (Å²) in [6, 6.07) is 0.756. The van der Waals surface area contributed by atoms with E-state index in [9.17, 15) is 0 Å². The molecule has 2 heterocycles. The van der Waals surface area contributed by atoms with Crippen molar-refractivity contribution >= 4 is 0 Å². The fourth-order valence-electron chi connectivity index (χ4n) is 2.98. The van der Waals surface area contributed by atoms with Crippen molar-refractivity contribution < 1.29 is 0 Å². The molecule has 4 heteroatoms. The molecule has 0 aromatic rings. The van der Waals surface area contributed by atoms with Crippen molar-refractivity contribution in [2.45, 2.75) is 25.8 Å². The Morgan fingerprint density at radius 3 is 2.50 bits per heavy atom. The van der Waals surface area contributed by atoms with Crippen molar-refractivity contribution in [2.24, 2.45) is 5.92 Å². The highest BCUT2D eigenvalue weighted by Crippen LogP contribution is 2.09. The molecule has 0 aliphatic carbocycles. The Kier molecular flexibility index (Phi) is 5.89. The van der Waals surface area contributed by atoms with Gasteiger partial charge in [0.1, 0.15) is 0 Å². The molecule has 0 aromatic carbocycles. The van der Waals surface area contributed by atoms with Crippen LogP contribution in [0.25, 0.3) is 0 Å². The predicted octanol–water partition coefficient (Wildman–Crippen LogP) is 0.212. The monoisotopic (exact) mass is 254 g/mol. The smallest absolute Gasteiger partial charge is 0.0107 e. The molecule has 2 aliphatic rings. The van der Waals surface area contributed by atoms with Gasteiger partial charge in [-0.05, 0) is 45.4 Å². The molecular weight excluding hydrogens is 224 g/mol. The SMILES string of the molecule is CC(CNC1CCN(C)CC1)CN1CCNCC1. The van der Waals surface area contributed by atoms with Crippen LogP contribution >= 0.6 is 0 Å². The standard InChI is InChI=1S/C14H30N4/c1-13(12-18-9-5-15-6-10-18)11-16-14-3-7-17(2)8-4-14/h13-16H,3-12H2,1-2H3. The zero-order chi connectivity index (χ0) is 12.8. The van der Waals surface area contributed by atoms with E-state index >= 15 is 0 Å². The Morgan fingerprint density at radius 2 is 1.83 bits per heavy atom. The lowest BCUT2D eigenvalue weighted by Crippen LogP contribution is -2.47. The molecule has 0 bridgehead atoms. The molecule has 0 spiro atoms. The third-order valence-electron chi connectivity index (χ3n) is 4.25. The average Bonchev–Trinajstić information content (AvgIpc) is 2.39. The lowest BCUT2D eigenvalue weighted by Gasteiger charge is -2.32. The second-order valence-electron chi connectivity index (χ2n) is 6.14. The lowest BCUT2D eigenvalue weighted by atomic mass is 10.0. The normalized spacial score (nSPS) is 26.3. The topological polar surface area (TPSA) is 30.5 Å². The molecule has 0 aromatic heterocycles. The number of nitrogens with zero attached hydrogens (tertiary/aromatic N) is 2. The van der Waals surface area contributed by atoms with Crippen LogP contribution in [0.5, 0.6) is 0 Å². The van der Waals surface area contributed by atoms with E-state index in [1.165, 1.54) is 52.1 Å². The van der Waals surface area contributed by atoms with Gasteiger partial charge in [0.15, 0.2) is 0 Å². The van der Waals surface area contributed by atoms with Crippen LogP contribution in [0.15, 0.2) is 0 Å². The minimum atomic E-state index is 0.756. The van der Waals surface area contributed by atoms with Gasteiger partial charge >= 0.3 is 0 Å². The van der Waals surface area contributed by atoms with Gasteiger partial charge in [0.2, 0.25) is 0 Å². The minimum absolute atomic E-state index is 0.756. The van der Waals surface area contributed by atoms with Gasteiger partial charge in [0.05, 0.1) is 0 Å². The summed E-state index contributed by atoms with van der Waals surface area (Å²) in [7, 11) is 2.23. The second kappa shape index (κ2) is 7.43. The summed E-state index contributed by atoms with van der Waals surface area (Å²) < 4.78 is 0. The molecule has 1 atom stereocenters. The van der Waals surface area contributed by atoms with Gasteiger partial charge in [-0.2, -0.15) is 0 Å². The molecule has 106 valence electrons. The highest BCUT2D eigenvalue weighted by molar-refractivity contribution is 4.77. The van der Waals surface area contributed by atoms with Gasteiger partial charge in [-0.3, -0.25) is 0 Å². The Labute approximate surface area is 112 Å². The largest absolute Gasteiger partial charge is 0.314 e. The van der Waals surface area contributed by atoms with Crippen molar-refractivity contribution in [3.63, 3.8) is 0 Å². The molecule has 2 rings (SSSR count). The van der Waals surface area contributed by atoms with Crippen LogP contribution in [0.1, 0.15) is 19.8 Å². The van der Waals surface area contributed by atoms with Crippen molar-refractivity contribution in [1.82, 2.24) is 20.4 Å². The summed E-state index contributed by atoms with van der Waals surface area (Å²) in [5, 5.41) is 7.18. The average molecular weight is 254 g/mol.